The van der Waals surface area contributed by atoms with Crippen molar-refractivity contribution < 1.29 is 60.4 Å². The average Bonchev–Trinajstić information content (AvgIpc) is 3.94. The molecule has 7 heterocycles. The number of cyclic esters (lactones) is 1. The molecule has 75 heavy (non-hydrogen) atoms. The van der Waals surface area contributed by atoms with Crippen LogP contribution in [0.2, 0.25) is 0 Å². The standard InChI is InChI=1S/C53H66F5N9O8/c1-9-43(68)65-18-19-74-42-26-64(25-41(42)65)51(72)63(7)45(29(2)3)48(69)61-39-23-33-20-32(47(54)55)22-38(60-33)31-14-15-40-35(21-31)36(24-52(5,6)28-75-50(71)37-13-11-17-67(62-37)49(39)70)46(66(40)27-53(56,57)58)34-12-10-16-59-44(34)30(4)73-8/h9-10,12,14-16,20-22,29-30,37,39,41-42,45,47,51,62,72H,1,11,13,17-19,23-28H2,2-8H3,(H,61,69)/t30-,37-,39-,41+,42-,45-,51?/m0/s1. The number of carbonyl (C=O) groups is 4. The lowest BCUT2D eigenvalue weighted by molar-refractivity contribution is -0.156. The number of aromatic nitrogens is 3. The van der Waals surface area contributed by atoms with Crippen molar-refractivity contribution in [3.63, 3.8) is 0 Å². The molecular weight excluding hydrogens is 986 g/mol. The zero-order valence-electron chi connectivity index (χ0n) is 43.2. The van der Waals surface area contributed by atoms with Crippen LogP contribution in [0.15, 0.2) is 61.3 Å². The lowest BCUT2D eigenvalue weighted by atomic mass is 9.84. The number of benzene rings is 1. The first-order valence-electron chi connectivity index (χ1n) is 25.2. The Morgan fingerprint density at radius 3 is 2.56 bits per heavy atom. The molecule has 3 saturated heterocycles. The third kappa shape index (κ3) is 11.9. The summed E-state index contributed by atoms with van der Waals surface area (Å²) < 4.78 is 93.2. The molecule has 406 valence electrons. The van der Waals surface area contributed by atoms with E-state index in [-0.39, 0.29) is 79.2 Å². The molecule has 1 unspecified atom stereocenters. The zero-order valence-corrected chi connectivity index (χ0v) is 43.2. The summed E-state index contributed by atoms with van der Waals surface area (Å²) in [6.07, 6.45) is -7.12. The molecule has 4 aliphatic rings. The SMILES string of the molecule is C=CC(=O)N1CCO[C@H]2CN(C(O)N(C)[C@H](C(=O)N[C@H]3Cc4cc(C(F)F)cc(n4)-c4ccc5c(c4)c(c(-c4cccnc4[C@H](C)OC)n5CC(F)(F)F)CC(C)(C)COC(=O)[C@@H]4CCCN(N4)C3=O)C(C)C)C[C@H]21. The van der Waals surface area contributed by atoms with E-state index in [1.807, 2.05) is 13.8 Å². The summed E-state index contributed by atoms with van der Waals surface area (Å²) in [5, 5.41) is 16.3. The number of rotatable bonds is 12. The van der Waals surface area contributed by atoms with E-state index in [1.54, 1.807) is 55.8 Å². The number of carbonyl (C=O) groups excluding carboxylic acids is 4. The van der Waals surface area contributed by atoms with E-state index in [2.05, 4.69) is 22.3 Å². The molecule has 4 aliphatic heterocycles. The lowest BCUT2D eigenvalue weighted by Gasteiger charge is -2.39. The Bertz CT molecular complexity index is 2790. The minimum absolute atomic E-state index is 0.0198. The smallest absolute Gasteiger partial charge is 0.406 e. The van der Waals surface area contributed by atoms with Crippen LogP contribution >= 0.6 is 0 Å². The number of nitrogens with zero attached hydrogens (tertiary/aromatic N) is 7. The van der Waals surface area contributed by atoms with Gasteiger partial charge >= 0.3 is 12.1 Å². The predicted molar refractivity (Wildman–Crippen MR) is 266 cm³/mol. The fraction of sp³-hybridized carbons (Fsp3) is 0.547. The van der Waals surface area contributed by atoms with Crippen LogP contribution < -0.4 is 10.7 Å². The Kier molecular flexibility index (Phi) is 16.5. The minimum Gasteiger partial charge on any atom is -0.464 e. The first-order valence-corrected chi connectivity index (χ1v) is 25.2. The molecule has 0 aliphatic carbocycles. The Hall–Kier alpha value is -5.91. The molecule has 3 N–H and O–H groups in total. The average molecular weight is 1050 g/mol. The number of hydrazine groups is 1. The van der Waals surface area contributed by atoms with Gasteiger partial charge in [0.1, 0.15) is 18.6 Å². The summed E-state index contributed by atoms with van der Waals surface area (Å²) in [5.41, 5.74) is 3.47. The number of amides is 3. The van der Waals surface area contributed by atoms with Crippen molar-refractivity contribution >= 4 is 34.6 Å². The summed E-state index contributed by atoms with van der Waals surface area (Å²) in [5.74, 6) is -2.81. The molecular formula is C53H66F5N9O8. The predicted octanol–water partition coefficient (Wildman–Crippen LogP) is 5.95. The Morgan fingerprint density at radius 2 is 1.87 bits per heavy atom. The molecule has 0 radical (unpaired) electrons. The minimum atomic E-state index is -4.70. The molecule has 3 fully saturated rings. The first kappa shape index (κ1) is 55.3. The number of likely N-dealkylation sites (N-methyl/N-ethyl adjacent to an activating group) is 1. The number of halogens is 5. The van der Waals surface area contributed by atoms with Crippen molar-refractivity contribution in [2.75, 3.05) is 53.6 Å². The molecule has 0 spiro atoms. The maximum atomic E-state index is 15.0. The van der Waals surface area contributed by atoms with Gasteiger partial charge in [0.05, 0.1) is 54.6 Å². The van der Waals surface area contributed by atoms with Crippen molar-refractivity contribution in [3.05, 3.63) is 83.8 Å². The molecule has 22 heteroatoms. The van der Waals surface area contributed by atoms with E-state index in [4.69, 9.17) is 19.2 Å². The van der Waals surface area contributed by atoms with Crippen LogP contribution in [-0.4, -0.2) is 159 Å². The quantitative estimate of drug-likeness (QED) is 0.0656. The Balaban J connectivity index is 1.22. The topological polar surface area (TPSA) is 184 Å². The van der Waals surface area contributed by atoms with Crippen LogP contribution in [0.4, 0.5) is 22.0 Å². The fourth-order valence-corrected chi connectivity index (χ4v) is 11.0. The maximum Gasteiger partial charge on any atom is 0.406 e. The van der Waals surface area contributed by atoms with Crippen LogP contribution in [-0.2, 0) is 52.8 Å². The number of alkyl halides is 5. The van der Waals surface area contributed by atoms with Crippen molar-refractivity contribution in [1.82, 2.24) is 45.0 Å². The highest BCUT2D eigenvalue weighted by atomic mass is 19.4. The monoisotopic (exact) mass is 1050 g/mol. The van der Waals surface area contributed by atoms with Gasteiger partial charge in [-0.1, -0.05) is 40.3 Å². The summed E-state index contributed by atoms with van der Waals surface area (Å²) in [7, 11) is 3.02. The second-order valence-corrected chi connectivity index (χ2v) is 21.0. The second-order valence-electron chi connectivity index (χ2n) is 21.0. The summed E-state index contributed by atoms with van der Waals surface area (Å²) >= 11 is 0. The number of likely N-dealkylation sites (tertiary alicyclic amines) is 1. The molecule has 17 nitrogen and oxygen atoms in total. The number of pyridine rings is 2. The number of fused-ring (bicyclic) bond motifs is 7. The normalized spacial score (nSPS) is 23.0. The largest absolute Gasteiger partial charge is 0.464 e. The third-order valence-electron chi connectivity index (χ3n) is 14.6. The van der Waals surface area contributed by atoms with Crippen molar-refractivity contribution in [2.24, 2.45) is 11.3 Å². The molecule has 7 atom stereocenters. The van der Waals surface area contributed by atoms with Crippen LogP contribution in [0.3, 0.4) is 0 Å². The van der Waals surface area contributed by atoms with Gasteiger partial charge < -0.3 is 34.1 Å². The van der Waals surface area contributed by atoms with Gasteiger partial charge in [0, 0.05) is 84.6 Å². The molecule has 0 saturated carbocycles. The van der Waals surface area contributed by atoms with Crippen LogP contribution in [0.25, 0.3) is 33.4 Å². The number of hydrogen-bond acceptors (Lipinski definition) is 13. The van der Waals surface area contributed by atoms with E-state index in [9.17, 15) is 37.5 Å². The number of hydrogen-bond donors (Lipinski definition) is 3. The van der Waals surface area contributed by atoms with Crippen LogP contribution in [0.1, 0.15) is 82.5 Å². The van der Waals surface area contributed by atoms with Crippen molar-refractivity contribution in [2.45, 2.75) is 122 Å². The maximum absolute atomic E-state index is 15.0. The number of morpholine rings is 1. The van der Waals surface area contributed by atoms with Crippen molar-refractivity contribution in [1.29, 1.82) is 0 Å². The van der Waals surface area contributed by atoms with E-state index in [0.29, 0.717) is 41.8 Å². The number of esters is 1. The second kappa shape index (κ2) is 22.4. The molecule has 3 amide bonds. The highest BCUT2D eigenvalue weighted by molar-refractivity contribution is 5.95. The highest BCUT2D eigenvalue weighted by Gasteiger charge is 2.46. The number of aliphatic hydroxyl groups is 1. The number of nitrogens with one attached hydrogen (secondary N) is 2. The van der Waals surface area contributed by atoms with E-state index in [1.165, 1.54) is 52.1 Å². The number of methoxy groups -OCH3 is 1. The van der Waals surface area contributed by atoms with Crippen LogP contribution in [0.5, 0.6) is 0 Å². The van der Waals surface area contributed by atoms with E-state index in [0.717, 1.165) is 6.07 Å². The molecule has 8 rings (SSSR count). The van der Waals surface area contributed by atoms with Crippen LogP contribution in [0, 0.1) is 11.3 Å². The van der Waals surface area contributed by atoms with Gasteiger partial charge in [0.15, 0.2) is 6.35 Å². The summed E-state index contributed by atoms with van der Waals surface area (Å²) in [6, 6.07) is 6.25. The van der Waals surface area contributed by atoms with Gasteiger partial charge in [-0.3, -0.25) is 44.0 Å². The van der Waals surface area contributed by atoms with Gasteiger partial charge in [-0.25, -0.2) is 14.2 Å². The summed E-state index contributed by atoms with van der Waals surface area (Å²) in [6.45, 7) is 12.1. The van der Waals surface area contributed by atoms with Gasteiger partial charge in [-0.05, 0) is 87.2 Å². The van der Waals surface area contributed by atoms with Gasteiger partial charge in [-0.15, -0.1) is 0 Å². The summed E-state index contributed by atoms with van der Waals surface area (Å²) in [4.78, 5) is 70.5. The number of aliphatic hydroxyl groups excluding tert-OH is 1. The van der Waals surface area contributed by atoms with Gasteiger partial charge in [0.2, 0.25) is 11.8 Å². The van der Waals surface area contributed by atoms with Gasteiger partial charge in [-0.2, -0.15) is 13.2 Å². The van der Waals surface area contributed by atoms with Gasteiger partial charge in [0.25, 0.3) is 12.3 Å². The first-order chi connectivity index (χ1) is 35.5. The Labute approximate surface area is 432 Å². The van der Waals surface area contributed by atoms with E-state index >= 15 is 8.78 Å². The van der Waals surface area contributed by atoms with E-state index < -0.39 is 96.9 Å². The number of ether oxygens (including phenoxy) is 3. The Morgan fingerprint density at radius 1 is 1.11 bits per heavy atom. The highest BCUT2D eigenvalue weighted by Crippen LogP contribution is 2.43. The molecule has 4 aromatic rings. The third-order valence-corrected chi connectivity index (χ3v) is 14.6. The fourth-order valence-electron chi connectivity index (χ4n) is 11.0. The zero-order chi connectivity index (χ0) is 54.3. The molecule has 3 aromatic heterocycles. The van der Waals surface area contributed by atoms with Crippen molar-refractivity contribution in [3.8, 4) is 22.5 Å². The molecule has 1 aromatic carbocycles. The lowest BCUT2D eigenvalue weighted by Crippen LogP contribution is -2.63. The molecule has 6 bridgehead atoms.